The van der Waals surface area contributed by atoms with E-state index in [4.69, 9.17) is 5.73 Å². The van der Waals surface area contributed by atoms with Crippen LogP contribution < -0.4 is 5.73 Å². The molecule has 0 unspecified atom stereocenters. The van der Waals surface area contributed by atoms with Crippen LogP contribution in [0.5, 0.6) is 0 Å². The van der Waals surface area contributed by atoms with Gasteiger partial charge in [-0.05, 0) is 30.0 Å². The van der Waals surface area contributed by atoms with Crippen molar-refractivity contribution in [2.75, 3.05) is 12.8 Å². The molecule has 0 aliphatic carbocycles. The van der Waals surface area contributed by atoms with E-state index in [1.54, 1.807) is 0 Å². The molecule has 0 fully saturated rings. The second kappa shape index (κ2) is 4.65. The molecule has 0 heterocycles. The second-order valence-electron chi connectivity index (χ2n) is 2.83. The van der Waals surface area contributed by atoms with E-state index in [1.165, 1.54) is 6.07 Å². The fourth-order valence-corrected chi connectivity index (χ4v) is 1.70. The molecule has 7 heteroatoms. The van der Waals surface area contributed by atoms with Crippen molar-refractivity contribution in [2.24, 2.45) is 0 Å². The lowest BCUT2D eigenvalue weighted by Crippen LogP contribution is -2.04. The molecule has 0 bridgehead atoms. The number of rotatable bonds is 2. The van der Waals surface area contributed by atoms with Crippen molar-refractivity contribution in [1.29, 1.82) is 0 Å². The number of halogens is 3. The van der Waals surface area contributed by atoms with Gasteiger partial charge in [-0.3, -0.25) is 0 Å². The van der Waals surface area contributed by atoms with Crippen molar-refractivity contribution in [3.63, 3.8) is 0 Å². The quantitative estimate of drug-likeness (QED) is 0.499. The first kappa shape index (κ1) is 12.7. The molecule has 0 saturated heterocycles. The SMILES string of the molecule is COC(=O)c1cc(N)cc(SC(F)(F)F)c1. The summed E-state index contributed by atoms with van der Waals surface area (Å²) in [5, 5.41) is 0. The van der Waals surface area contributed by atoms with Gasteiger partial charge in [0, 0.05) is 10.6 Å². The second-order valence-corrected chi connectivity index (χ2v) is 3.97. The van der Waals surface area contributed by atoms with Crippen molar-refractivity contribution in [2.45, 2.75) is 10.4 Å². The van der Waals surface area contributed by atoms with E-state index in [9.17, 15) is 18.0 Å². The third-order valence-electron chi connectivity index (χ3n) is 1.58. The zero-order valence-electron chi connectivity index (χ0n) is 8.17. The highest BCUT2D eigenvalue weighted by Crippen LogP contribution is 2.37. The molecular weight excluding hydrogens is 243 g/mol. The number of anilines is 1. The third-order valence-corrected chi connectivity index (χ3v) is 2.29. The van der Waals surface area contributed by atoms with Gasteiger partial charge < -0.3 is 10.5 Å². The number of carbonyl (C=O) groups is 1. The lowest BCUT2D eigenvalue weighted by Gasteiger charge is -2.08. The molecule has 1 aromatic rings. The van der Waals surface area contributed by atoms with Crippen molar-refractivity contribution in [1.82, 2.24) is 0 Å². The Labute approximate surface area is 93.8 Å². The Morgan fingerprint density at radius 2 is 2.00 bits per heavy atom. The zero-order chi connectivity index (χ0) is 12.3. The highest BCUT2D eigenvalue weighted by Gasteiger charge is 2.29. The van der Waals surface area contributed by atoms with Crippen LogP contribution >= 0.6 is 11.8 Å². The molecule has 0 spiro atoms. The lowest BCUT2D eigenvalue weighted by atomic mass is 10.2. The molecular formula is C9H8F3NO2S. The number of benzene rings is 1. The molecule has 3 nitrogen and oxygen atoms in total. The molecule has 1 rings (SSSR count). The molecule has 0 aliphatic heterocycles. The van der Waals surface area contributed by atoms with E-state index in [0.29, 0.717) is 0 Å². The van der Waals surface area contributed by atoms with Crippen molar-refractivity contribution in [3.05, 3.63) is 23.8 Å². The Kier molecular flexibility index (Phi) is 3.69. The Morgan fingerprint density at radius 1 is 1.38 bits per heavy atom. The molecule has 16 heavy (non-hydrogen) atoms. The highest BCUT2D eigenvalue weighted by atomic mass is 32.2. The lowest BCUT2D eigenvalue weighted by molar-refractivity contribution is -0.0328. The number of thioether (sulfide) groups is 1. The Morgan fingerprint density at radius 3 is 2.50 bits per heavy atom. The van der Waals surface area contributed by atoms with Gasteiger partial charge >= 0.3 is 11.5 Å². The summed E-state index contributed by atoms with van der Waals surface area (Å²) in [6.45, 7) is 0. The average molecular weight is 251 g/mol. The summed E-state index contributed by atoms with van der Waals surface area (Å²) in [6.07, 6.45) is 0. The monoisotopic (exact) mass is 251 g/mol. The van der Waals surface area contributed by atoms with E-state index in [-0.39, 0.29) is 27.9 Å². The van der Waals surface area contributed by atoms with Crippen LogP contribution in [0.4, 0.5) is 18.9 Å². The van der Waals surface area contributed by atoms with Gasteiger partial charge in [-0.15, -0.1) is 0 Å². The summed E-state index contributed by atoms with van der Waals surface area (Å²) >= 11 is -0.331. The fraction of sp³-hybridized carbons (Fsp3) is 0.222. The zero-order valence-corrected chi connectivity index (χ0v) is 8.98. The number of ether oxygens (including phenoxy) is 1. The van der Waals surface area contributed by atoms with Crippen LogP contribution in [0.25, 0.3) is 0 Å². The van der Waals surface area contributed by atoms with E-state index in [1.807, 2.05) is 0 Å². The van der Waals surface area contributed by atoms with Gasteiger partial charge in [0.1, 0.15) is 0 Å². The maximum Gasteiger partial charge on any atom is 0.446 e. The summed E-state index contributed by atoms with van der Waals surface area (Å²) in [5.74, 6) is -0.726. The normalized spacial score (nSPS) is 11.2. The molecule has 0 saturated carbocycles. The van der Waals surface area contributed by atoms with Crippen LogP contribution in [0.3, 0.4) is 0 Å². The fourth-order valence-electron chi connectivity index (χ4n) is 1.05. The van der Waals surface area contributed by atoms with Crippen LogP contribution in [0.2, 0.25) is 0 Å². The summed E-state index contributed by atoms with van der Waals surface area (Å²) in [6, 6.07) is 3.48. The Balaban J connectivity index is 3.03. The molecule has 2 N–H and O–H groups in total. The number of nitrogen functional groups attached to an aromatic ring is 1. The summed E-state index contributed by atoms with van der Waals surface area (Å²) in [7, 11) is 1.14. The van der Waals surface area contributed by atoms with Crippen molar-refractivity contribution >= 4 is 23.4 Å². The van der Waals surface area contributed by atoms with Gasteiger partial charge in [0.05, 0.1) is 12.7 Å². The molecule has 0 atom stereocenters. The molecule has 1 aromatic carbocycles. The highest BCUT2D eigenvalue weighted by molar-refractivity contribution is 8.00. The van der Waals surface area contributed by atoms with E-state index < -0.39 is 11.5 Å². The topological polar surface area (TPSA) is 52.3 Å². The molecule has 0 radical (unpaired) electrons. The first-order chi connectivity index (χ1) is 7.31. The minimum Gasteiger partial charge on any atom is -0.465 e. The van der Waals surface area contributed by atoms with Crippen LogP contribution in [0.1, 0.15) is 10.4 Å². The largest absolute Gasteiger partial charge is 0.465 e. The minimum atomic E-state index is -4.42. The van der Waals surface area contributed by atoms with Gasteiger partial charge in [0.15, 0.2) is 0 Å². The molecule has 0 aromatic heterocycles. The summed E-state index contributed by atoms with van der Waals surface area (Å²) in [5.41, 5.74) is 1.04. The van der Waals surface area contributed by atoms with E-state index >= 15 is 0 Å². The van der Waals surface area contributed by atoms with E-state index in [0.717, 1.165) is 19.2 Å². The number of hydrogen-bond donors (Lipinski definition) is 1. The minimum absolute atomic E-state index is 0.00532. The van der Waals surface area contributed by atoms with Crippen LogP contribution in [-0.4, -0.2) is 18.6 Å². The van der Waals surface area contributed by atoms with Crippen LogP contribution in [0.15, 0.2) is 23.1 Å². The Bertz CT molecular complexity index is 406. The summed E-state index contributed by atoms with van der Waals surface area (Å²) in [4.78, 5) is 11.0. The molecule has 0 amide bonds. The standard InChI is InChI=1S/C9H8F3NO2S/c1-15-8(14)5-2-6(13)4-7(3-5)16-9(10,11)12/h2-4H,13H2,1H3. The Hall–Kier alpha value is -1.37. The summed E-state index contributed by atoms with van der Waals surface area (Å²) < 4.78 is 40.7. The maximum atomic E-state index is 12.1. The first-order valence-electron chi connectivity index (χ1n) is 4.06. The third kappa shape index (κ3) is 3.65. The van der Waals surface area contributed by atoms with Crippen molar-refractivity contribution < 1.29 is 22.7 Å². The number of esters is 1. The average Bonchev–Trinajstić information content (AvgIpc) is 2.12. The number of alkyl halides is 3. The van der Waals surface area contributed by atoms with Gasteiger partial charge in [-0.25, -0.2) is 4.79 Å². The van der Waals surface area contributed by atoms with Gasteiger partial charge in [-0.1, -0.05) is 0 Å². The number of nitrogens with two attached hydrogens (primary N) is 1. The van der Waals surface area contributed by atoms with E-state index in [2.05, 4.69) is 4.74 Å². The van der Waals surface area contributed by atoms with Crippen LogP contribution in [0, 0.1) is 0 Å². The molecule has 0 aliphatic rings. The van der Waals surface area contributed by atoms with Crippen molar-refractivity contribution in [3.8, 4) is 0 Å². The van der Waals surface area contributed by atoms with Gasteiger partial charge in [0.25, 0.3) is 0 Å². The molecule has 88 valence electrons. The maximum absolute atomic E-state index is 12.1. The predicted octanol–water partition coefficient (Wildman–Crippen LogP) is 2.67. The van der Waals surface area contributed by atoms with Gasteiger partial charge in [0.2, 0.25) is 0 Å². The number of hydrogen-bond acceptors (Lipinski definition) is 4. The number of carbonyl (C=O) groups excluding carboxylic acids is 1. The smallest absolute Gasteiger partial charge is 0.446 e. The number of methoxy groups -OCH3 is 1. The van der Waals surface area contributed by atoms with Crippen LogP contribution in [-0.2, 0) is 4.74 Å². The van der Waals surface area contributed by atoms with Gasteiger partial charge in [-0.2, -0.15) is 13.2 Å². The predicted molar refractivity (Wildman–Crippen MR) is 54.1 cm³/mol. The first-order valence-corrected chi connectivity index (χ1v) is 4.88.